The summed E-state index contributed by atoms with van der Waals surface area (Å²) in [6, 6.07) is 21.5. The number of hydrogen-bond acceptors (Lipinski definition) is 5. The zero-order valence-electron chi connectivity index (χ0n) is 18.2. The van der Waals surface area contributed by atoms with E-state index in [4.69, 9.17) is 4.74 Å². The first-order valence-corrected chi connectivity index (χ1v) is 10.3. The molecule has 1 aromatic heterocycles. The highest BCUT2D eigenvalue weighted by molar-refractivity contribution is 6.08. The number of nitro groups is 1. The summed E-state index contributed by atoms with van der Waals surface area (Å²) in [5.74, 6) is 0.238. The van der Waals surface area contributed by atoms with Crippen LogP contribution in [-0.2, 0) is 6.54 Å². The number of aryl methyl sites for hydroxylation is 1. The highest BCUT2D eigenvalue weighted by atomic mass is 16.6. The number of carbonyl (C=O) groups is 1. The second kappa shape index (κ2) is 9.35. The lowest BCUT2D eigenvalue weighted by Gasteiger charge is -2.09. The molecule has 8 nitrogen and oxygen atoms in total. The Balaban J connectivity index is 1.73. The number of carbonyl (C=O) groups excluding carboxylic acids is 1. The number of aromatic nitrogens is 2. The van der Waals surface area contributed by atoms with Crippen molar-refractivity contribution in [1.29, 1.82) is 0 Å². The average Bonchev–Trinajstić information content (AvgIpc) is 3.25. The molecule has 0 radical (unpaired) electrons. The molecular weight excluding hydrogens is 420 g/mol. The van der Waals surface area contributed by atoms with Gasteiger partial charge < -0.3 is 10.1 Å². The zero-order valence-corrected chi connectivity index (χ0v) is 18.2. The Morgan fingerprint density at radius 3 is 2.61 bits per heavy atom. The summed E-state index contributed by atoms with van der Waals surface area (Å²) >= 11 is 0. The normalized spacial score (nSPS) is 10.6. The predicted molar refractivity (Wildman–Crippen MR) is 126 cm³/mol. The zero-order chi connectivity index (χ0) is 23.4. The van der Waals surface area contributed by atoms with Crippen molar-refractivity contribution in [2.24, 2.45) is 0 Å². The molecule has 0 aliphatic rings. The van der Waals surface area contributed by atoms with E-state index in [1.807, 2.05) is 54.6 Å². The molecule has 0 saturated heterocycles. The molecular formula is C25H22N4O4. The molecule has 1 heterocycles. The fourth-order valence-corrected chi connectivity index (χ4v) is 3.47. The van der Waals surface area contributed by atoms with Crippen molar-refractivity contribution in [2.75, 3.05) is 12.4 Å². The summed E-state index contributed by atoms with van der Waals surface area (Å²) in [6.45, 7) is 2.27. The molecule has 0 unspecified atom stereocenters. The third-order valence-electron chi connectivity index (χ3n) is 5.22. The first-order valence-electron chi connectivity index (χ1n) is 10.3. The number of nitro benzene ring substituents is 1. The Kier molecular flexibility index (Phi) is 6.17. The topological polar surface area (TPSA) is 99.3 Å². The van der Waals surface area contributed by atoms with Crippen molar-refractivity contribution < 1.29 is 14.5 Å². The highest BCUT2D eigenvalue weighted by Gasteiger charge is 2.20. The van der Waals surface area contributed by atoms with Crippen LogP contribution in [0.25, 0.3) is 11.3 Å². The number of non-ortho nitro benzene ring substituents is 1. The molecule has 0 saturated carbocycles. The number of rotatable bonds is 7. The summed E-state index contributed by atoms with van der Waals surface area (Å²) in [5, 5.41) is 18.6. The van der Waals surface area contributed by atoms with Gasteiger partial charge in [0, 0.05) is 23.9 Å². The number of nitrogens with one attached hydrogen (secondary N) is 1. The fourth-order valence-electron chi connectivity index (χ4n) is 3.47. The van der Waals surface area contributed by atoms with E-state index < -0.39 is 10.8 Å². The quantitative estimate of drug-likeness (QED) is 0.318. The molecule has 1 amide bonds. The van der Waals surface area contributed by atoms with Gasteiger partial charge in [0.1, 0.15) is 11.4 Å². The van der Waals surface area contributed by atoms with Crippen LogP contribution >= 0.6 is 0 Å². The van der Waals surface area contributed by atoms with Crippen LogP contribution in [-0.4, -0.2) is 27.7 Å². The molecule has 33 heavy (non-hydrogen) atoms. The first kappa shape index (κ1) is 21.8. The minimum Gasteiger partial charge on any atom is -0.497 e. The predicted octanol–water partition coefficient (Wildman–Crippen LogP) is 5.08. The molecule has 8 heteroatoms. The van der Waals surface area contributed by atoms with E-state index in [1.54, 1.807) is 31.0 Å². The van der Waals surface area contributed by atoms with E-state index in [9.17, 15) is 14.9 Å². The van der Waals surface area contributed by atoms with Crippen molar-refractivity contribution in [3.8, 4) is 17.0 Å². The van der Waals surface area contributed by atoms with Crippen LogP contribution < -0.4 is 10.1 Å². The summed E-state index contributed by atoms with van der Waals surface area (Å²) in [7, 11) is 1.58. The number of anilines is 1. The maximum atomic E-state index is 13.3. The van der Waals surface area contributed by atoms with Gasteiger partial charge in [0.15, 0.2) is 0 Å². The molecule has 0 spiro atoms. The second-order valence-electron chi connectivity index (χ2n) is 7.52. The van der Waals surface area contributed by atoms with Gasteiger partial charge in [-0.25, -0.2) is 0 Å². The first-order chi connectivity index (χ1) is 15.9. The summed E-state index contributed by atoms with van der Waals surface area (Å²) < 4.78 is 7.03. The van der Waals surface area contributed by atoms with Crippen LogP contribution in [0.5, 0.6) is 5.75 Å². The van der Waals surface area contributed by atoms with Gasteiger partial charge in [-0.1, -0.05) is 48.5 Å². The molecule has 0 aliphatic heterocycles. The molecule has 0 bridgehead atoms. The van der Waals surface area contributed by atoms with Crippen LogP contribution in [0.3, 0.4) is 0 Å². The van der Waals surface area contributed by atoms with Gasteiger partial charge in [-0.05, 0) is 30.2 Å². The maximum Gasteiger partial charge on any atom is 0.271 e. The second-order valence-corrected chi connectivity index (χ2v) is 7.52. The van der Waals surface area contributed by atoms with Gasteiger partial charge in [0.25, 0.3) is 11.6 Å². The minimum absolute atomic E-state index is 0.0938. The van der Waals surface area contributed by atoms with Gasteiger partial charge in [-0.15, -0.1) is 0 Å². The van der Waals surface area contributed by atoms with Crippen LogP contribution in [0, 0.1) is 17.0 Å². The van der Waals surface area contributed by atoms with Crippen molar-refractivity contribution in [3.05, 3.63) is 106 Å². The summed E-state index contributed by atoms with van der Waals surface area (Å²) in [4.78, 5) is 24.0. The van der Waals surface area contributed by atoms with Crippen molar-refractivity contribution in [2.45, 2.75) is 13.5 Å². The molecule has 166 valence electrons. The van der Waals surface area contributed by atoms with Gasteiger partial charge in [-0.2, -0.15) is 5.10 Å². The van der Waals surface area contributed by atoms with Crippen LogP contribution in [0.2, 0.25) is 0 Å². The Morgan fingerprint density at radius 2 is 1.88 bits per heavy atom. The smallest absolute Gasteiger partial charge is 0.271 e. The number of ether oxygens (including phenoxy) is 1. The molecule has 4 aromatic rings. The lowest BCUT2D eigenvalue weighted by Crippen LogP contribution is -2.13. The van der Waals surface area contributed by atoms with Crippen molar-refractivity contribution in [3.63, 3.8) is 0 Å². The lowest BCUT2D eigenvalue weighted by atomic mass is 10.1. The van der Waals surface area contributed by atoms with Crippen molar-refractivity contribution >= 4 is 17.3 Å². The molecule has 3 aromatic carbocycles. The number of amides is 1. The molecule has 4 rings (SSSR count). The summed E-state index contributed by atoms with van der Waals surface area (Å²) in [5.41, 5.74) is 3.61. The lowest BCUT2D eigenvalue weighted by molar-refractivity contribution is -0.384. The van der Waals surface area contributed by atoms with Crippen LogP contribution in [0.15, 0.2) is 79.0 Å². The fraction of sp³-hybridized carbons (Fsp3) is 0.120. The van der Waals surface area contributed by atoms with Crippen molar-refractivity contribution in [1.82, 2.24) is 9.78 Å². The Morgan fingerprint density at radius 1 is 1.09 bits per heavy atom. The van der Waals surface area contributed by atoms with E-state index in [-0.39, 0.29) is 5.69 Å². The number of benzene rings is 3. The SMILES string of the molecule is COc1cccc(-c2nn(Cc3ccccc3)cc2C(=O)Nc2cc([N+](=O)[O-])ccc2C)c1. The molecule has 0 atom stereocenters. The van der Waals surface area contributed by atoms with Gasteiger partial charge in [0.05, 0.1) is 29.8 Å². The minimum atomic E-state index is -0.491. The van der Waals surface area contributed by atoms with E-state index in [2.05, 4.69) is 10.4 Å². The number of hydrogen-bond donors (Lipinski definition) is 1. The third kappa shape index (κ3) is 4.90. The maximum absolute atomic E-state index is 13.3. The summed E-state index contributed by atoms with van der Waals surface area (Å²) in [6.07, 6.45) is 1.68. The van der Waals surface area contributed by atoms with E-state index in [0.717, 1.165) is 11.1 Å². The Labute approximate surface area is 190 Å². The number of nitrogens with zero attached hydrogens (tertiary/aromatic N) is 3. The highest BCUT2D eigenvalue weighted by Crippen LogP contribution is 2.28. The van der Waals surface area contributed by atoms with E-state index in [0.29, 0.717) is 34.8 Å². The number of methoxy groups -OCH3 is 1. The van der Waals surface area contributed by atoms with Gasteiger partial charge >= 0.3 is 0 Å². The van der Waals surface area contributed by atoms with Crippen LogP contribution in [0.1, 0.15) is 21.5 Å². The molecule has 0 fully saturated rings. The Bertz CT molecular complexity index is 1320. The third-order valence-corrected chi connectivity index (χ3v) is 5.22. The van der Waals surface area contributed by atoms with E-state index >= 15 is 0 Å². The standard InChI is InChI=1S/C25H22N4O4/c1-17-11-12-20(29(31)32)14-23(17)26-25(30)22-16-28(15-18-7-4-3-5-8-18)27-24(22)19-9-6-10-21(13-19)33-2/h3-14,16H,15H2,1-2H3,(H,26,30). The molecule has 1 N–H and O–H groups in total. The van der Waals surface area contributed by atoms with Gasteiger partial charge in [0.2, 0.25) is 0 Å². The van der Waals surface area contributed by atoms with Gasteiger partial charge in [-0.3, -0.25) is 19.6 Å². The largest absolute Gasteiger partial charge is 0.497 e. The van der Waals surface area contributed by atoms with Crippen LogP contribution in [0.4, 0.5) is 11.4 Å². The Hall–Kier alpha value is -4.46. The average molecular weight is 442 g/mol. The molecule has 0 aliphatic carbocycles. The van der Waals surface area contributed by atoms with E-state index in [1.165, 1.54) is 12.1 Å². The monoisotopic (exact) mass is 442 g/mol.